The Morgan fingerprint density at radius 1 is 1.55 bits per heavy atom. The number of rotatable bonds is 5. The Morgan fingerprint density at radius 3 is 3.20 bits per heavy atom. The van der Waals surface area contributed by atoms with E-state index in [9.17, 15) is 4.79 Å². The number of ether oxygens (including phenoxy) is 2. The number of fused-ring (bicyclic) bond motifs is 1. The predicted octanol–water partition coefficient (Wildman–Crippen LogP) is 3.21. The van der Waals surface area contributed by atoms with Crippen LogP contribution in [0.5, 0.6) is 5.75 Å². The molecule has 0 aliphatic carbocycles. The van der Waals surface area contributed by atoms with Crippen molar-refractivity contribution in [3.05, 3.63) is 28.2 Å². The van der Waals surface area contributed by atoms with E-state index in [1.165, 1.54) is 12.7 Å². The van der Waals surface area contributed by atoms with Crippen molar-refractivity contribution in [2.45, 2.75) is 31.7 Å². The lowest BCUT2D eigenvalue weighted by atomic mass is 10.0. The highest BCUT2D eigenvalue weighted by atomic mass is 79.9. The maximum Gasteiger partial charge on any atom is 0.305 e. The molecule has 1 atom stereocenters. The van der Waals surface area contributed by atoms with E-state index in [1.807, 2.05) is 12.1 Å². The second-order valence-electron chi connectivity index (χ2n) is 4.86. The average Bonchev–Trinajstić information content (AvgIpc) is 2.65. The maximum absolute atomic E-state index is 11.1. The van der Waals surface area contributed by atoms with Crippen LogP contribution in [0, 0.1) is 0 Å². The molecule has 0 radical (unpaired) electrons. The summed E-state index contributed by atoms with van der Waals surface area (Å²) in [6.45, 7) is 1.55. The summed E-state index contributed by atoms with van der Waals surface area (Å²) in [5.41, 5.74) is 1.20. The summed E-state index contributed by atoms with van der Waals surface area (Å²) in [4.78, 5) is 11.1. The highest BCUT2D eigenvalue weighted by Crippen LogP contribution is 2.33. The SMILES string of the molecule is COC(=O)CCCNC1CCCOc2cc(Br)ccc21. The molecule has 0 aromatic heterocycles. The van der Waals surface area contributed by atoms with Gasteiger partial charge in [0.05, 0.1) is 13.7 Å². The summed E-state index contributed by atoms with van der Waals surface area (Å²) in [7, 11) is 1.42. The molecule has 0 saturated heterocycles. The van der Waals surface area contributed by atoms with Crippen molar-refractivity contribution in [3.63, 3.8) is 0 Å². The van der Waals surface area contributed by atoms with Crippen LogP contribution in [0.25, 0.3) is 0 Å². The first-order valence-corrected chi connectivity index (χ1v) is 7.72. The van der Waals surface area contributed by atoms with Crippen LogP contribution in [0.15, 0.2) is 22.7 Å². The minimum atomic E-state index is -0.152. The van der Waals surface area contributed by atoms with Gasteiger partial charge in [0.25, 0.3) is 0 Å². The Labute approximate surface area is 128 Å². The van der Waals surface area contributed by atoms with Crippen LogP contribution in [0.3, 0.4) is 0 Å². The molecule has 0 fully saturated rings. The van der Waals surface area contributed by atoms with Crippen molar-refractivity contribution in [2.24, 2.45) is 0 Å². The number of carbonyl (C=O) groups is 1. The van der Waals surface area contributed by atoms with Gasteiger partial charge >= 0.3 is 5.97 Å². The zero-order valence-corrected chi connectivity index (χ0v) is 13.2. The molecule has 20 heavy (non-hydrogen) atoms. The molecule has 1 aliphatic heterocycles. The van der Waals surface area contributed by atoms with E-state index in [0.29, 0.717) is 12.5 Å². The van der Waals surface area contributed by atoms with Crippen molar-refractivity contribution in [3.8, 4) is 5.75 Å². The standard InChI is InChI=1S/C15H20BrNO3/c1-19-15(18)5-2-8-17-13-4-3-9-20-14-10-11(16)6-7-12(13)14/h6-7,10,13,17H,2-5,8-9H2,1H3. The number of hydrogen-bond acceptors (Lipinski definition) is 4. The third-order valence-corrected chi connectivity index (χ3v) is 3.92. The van der Waals surface area contributed by atoms with Gasteiger partial charge in [-0.25, -0.2) is 0 Å². The fraction of sp³-hybridized carbons (Fsp3) is 0.533. The summed E-state index contributed by atoms with van der Waals surface area (Å²) >= 11 is 3.47. The molecule has 0 spiro atoms. The van der Waals surface area contributed by atoms with Crippen molar-refractivity contribution in [1.82, 2.24) is 5.32 Å². The van der Waals surface area contributed by atoms with Crippen LogP contribution in [0.4, 0.5) is 0 Å². The van der Waals surface area contributed by atoms with Crippen molar-refractivity contribution < 1.29 is 14.3 Å². The lowest BCUT2D eigenvalue weighted by molar-refractivity contribution is -0.140. The molecule has 0 bridgehead atoms. The minimum Gasteiger partial charge on any atom is -0.493 e. The van der Waals surface area contributed by atoms with E-state index in [1.54, 1.807) is 0 Å². The Hall–Kier alpha value is -1.07. The second kappa shape index (κ2) is 7.64. The molecule has 5 heteroatoms. The topological polar surface area (TPSA) is 47.6 Å². The van der Waals surface area contributed by atoms with E-state index in [4.69, 9.17) is 4.74 Å². The fourth-order valence-corrected chi connectivity index (χ4v) is 2.71. The zero-order chi connectivity index (χ0) is 14.4. The number of carbonyl (C=O) groups excluding carboxylic acids is 1. The molecule has 0 saturated carbocycles. The largest absolute Gasteiger partial charge is 0.493 e. The van der Waals surface area contributed by atoms with E-state index in [-0.39, 0.29) is 5.97 Å². The van der Waals surface area contributed by atoms with Gasteiger partial charge in [-0.1, -0.05) is 22.0 Å². The van der Waals surface area contributed by atoms with Crippen molar-refractivity contribution in [1.29, 1.82) is 0 Å². The Balaban J connectivity index is 1.93. The molecule has 1 heterocycles. The summed E-state index contributed by atoms with van der Waals surface area (Å²) in [5, 5.41) is 3.51. The van der Waals surface area contributed by atoms with Crippen LogP contribution >= 0.6 is 15.9 Å². The maximum atomic E-state index is 11.1. The van der Waals surface area contributed by atoms with Crippen LogP contribution < -0.4 is 10.1 Å². The quantitative estimate of drug-likeness (QED) is 0.659. The number of halogens is 1. The molecule has 4 nitrogen and oxygen atoms in total. The molecule has 1 aromatic rings. The molecular formula is C15H20BrNO3. The number of esters is 1. The van der Waals surface area contributed by atoms with Crippen LogP contribution in [-0.2, 0) is 9.53 Å². The molecule has 0 amide bonds. The van der Waals surface area contributed by atoms with Gasteiger partial charge in [-0.15, -0.1) is 0 Å². The van der Waals surface area contributed by atoms with E-state index in [2.05, 4.69) is 32.0 Å². The second-order valence-corrected chi connectivity index (χ2v) is 5.77. The van der Waals surface area contributed by atoms with Crippen LogP contribution in [0.1, 0.15) is 37.3 Å². The first kappa shape index (κ1) is 15.3. The van der Waals surface area contributed by atoms with Crippen LogP contribution in [-0.4, -0.2) is 26.2 Å². The Kier molecular flexibility index (Phi) is 5.86. The molecule has 110 valence electrons. The molecule has 2 rings (SSSR count). The molecule has 1 aliphatic rings. The third kappa shape index (κ3) is 4.21. The monoisotopic (exact) mass is 341 g/mol. The lowest BCUT2D eigenvalue weighted by Gasteiger charge is -2.18. The first-order chi connectivity index (χ1) is 9.70. The van der Waals surface area contributed by atoms with Gasteiger partial charge in [-0.2, -0.15) is 0 Å². The van der Waals surface area contributed by atoms with Gasteiger partial charge < -0.3 is 14.8 Å². The van der Waals surface area contributed by atoms with Crippen molar-refractivity contribution >= 4 is 21.9 Å². The third-order valence-electron chi connectivity index (χ3n) is 3.42. The molecule has 1 unspecified atom stereocenters. The molecular weight excluding hydrogens is 322 g/mol. The van der Waals surface area contributed by atoms with E-state index in [0.717, 1.165) is 42.6 Å². The van der Waals surface area contributed by atoms with Gasteiger partial charge in [0.15, 0.2) is 0 Å². The number of benzene rings is 1. The predicted molar refractivity (Wildman–Crippen MR) is 80.9 cm³/mol. The van der Waals surface area contributed by atoms with Gasteiger partial charge in [-0.3, -0.25) is 4.79 Å². The number of hydrogen-bond donors (Lipinski definition) is 1. The van der Waals surface area contributed by atoms with Gasteiger partial charge in [-0.05, 0) is 37.9 Å². The van der Waals surface area contributed by atoms with Crippen molar-refractivity contribution in [2.75, 3.05) is 20.3 Å². The summed E-state index contributed by atoms with van der Waals surface area (Å²) in [6, 6.07) is 6.45. The number of nitrogens with one attached hydrogen (secondary N) is 1. The first-order valence-electron chi connectivity index (χ1n) is 6.93. The number of methoxy groups -OCH3 is 1. The normalized spacial score (nSPS) is 17.8. The summed E-state index contributed by atoms with van der Waals surface area (Å²) in [5.74, 6) is 0.794. The lowest BCUT2D eigenvalue weighted by Crippen LogP contribution is -2.22. The smallest absolute Gasteiger partial charge is 0.305 e. The average molecular weight is 342 g/mol. The van der Waals surface area contributed by atoms with Gasteiger partial charge in [0.2, 0.25) is 0 Å². The minimum absolute atomic E-state index is 0.152. The Morgan fingerprint density at radius 2 is 2.40 bits per heavy atom. The zero-order valence-electron chi connectivity index (χ0n) is 11.7. The van der Waals surface area contributed by atoms with E-state index < -0.39 is 0 Å². The highest BCUT2D eigenvalue weighted by Gasteiger charge is 2.19. The molecule has 1 N–H and O–H groups in total. The Bertz CT molecular complexity index is 464. The summed E-state index contributed by atoms with van der Waals surface area (Å²) < 4.78 is 11.4. The van der Waals surface area contributed by atoms with Gasteiger partial charge in [0, 0.05) is 22.5 Å². The highest BCUT2D eigenvalue weighted by molar-refractivity contribution is 9.10. The molecule has 1 aromatic carbocycles. The summed E-state index contributed by atoms with van der Waals surface area (Å²) in [6.07, 6.45) is 3.32. The fourth-order valence-electron chi connectivity index (χ4n) is 2.37. The van der Waals surface area contributed by atoms with E-state index >= 15 is 0 Å². The van der Waals surface area contributed by atoms with Crippen LogP contribution in [0.2, 0.25) is 0 Å². The van der Waals surface area contributed by atoms with Gasteiger partial charge in [0.1, 0.15) is 5.75 Å².